The fourth-order valence-corrected chi connectivity index (χ4v) is 8.02. The van der Waals surface area contributed by atoms with Gasteiger partial charge in [0.1, 0.15) is 16.7 Å². The van der Waals surface area contributed by atoms with E-state index in [4.69, 9.17) is 14.4 Å². The third-order valence-corrected chi connectivity index (χ3v) is 11.1. The van der Waals surface area contributed by atoms with Crippen LogP contribution in [-0.2, 0) is 5.41 Å². The molecule has 0 radical (unpaired) electrons. The lowest BCUT2D eigenvalue weighted by Crippen LogP contribution is -2.15. The Bertz CT molecular complexity index is 2840. The molecule has 3 aromatic heterocycles. The molecular formula is C52H47N3O. The summed E-state index contributed by atoms with van der Waals surface area (Å²) in [6.45, 7) is 15.8. The molecule has 9 rings (SSSR count). The van der Waals surface area contributed by atoms with E-state index in [0.717, 1.165) is 67.0 Å². The van der Waals surface area contributed by atoms with E-state index in [1.54, 1.807) is 0 Å². The van der Waals surface area contributed by atoms with Crippen LogP contribution in [-0.4, -0.2) is 14.5 Å². The van der Waals surface area contributed by atoms with E-state index < -0.39 is 0 Å². The number of furan rings is 1. The van der Waals surface area contributed by atoms with Crippen molar-refractivity contribution in [3.63, 3.8) is 0 Å². The number of pyridine rings is 1. The molecule has 0 spiro atoms. The molecule has 0 saturated heterocycles. The summed E-state index contributed by atoms with van der Waals surface area (Å²) in [6.07, 6.45) is 0. The molecule has 0 saturated carbocycles. The summed E-state index contributed by atoms with van der Waals surface area (Å²) in [5, 5.41) is 2.15. The summed E-state index contributed by atoms with van der Waals surface area (Å²) in [5.74, 6) is 1.31. The molecule has 0 unspecified atom stereocenters. The molecule has 4 heteroatoms. The number of aromatic nitrogens is 3. The minimum Gasteiger partial charge on any atom is -0.455 e. The first-order valence-electron chi connectivity index (χ1n) is 19.8. The van der Waals surface area contributed by atoms with E-state index in [2.05, 4.69) is 199 Å². The number of rotatable bonds is 7. The maximum absolute atomic E-state index is 6.92. The molecule has 0 amide bonds. The van der Waals surface area contributed by atoms with E-state index >= 15 is 0 Å². The van der Waals surface area contributed by atoms with E-state index in [1.807, 2.05) is 0 Å². The molecule has 0 bridgehead atoms. The van der Waals surface area contributed by atoms with Gasteiger partial charge < -0.3 is 4.42 Å². The summed E-state index contributed by atoms with van der Waals surface area (Å²) < 4.78 is 9.26. The predicted octanol–water partition coefficient (Wildman–Crippen LogP) is 14.5. The van der Waals surface area contributed by atoms with Gasteiger partial charge in [-0.25, -0.2) is 9.97 Å². The predicted molar refractivity (Wildman–Crippen MR) is 235 cm³/mol. The lowest BCUT2D eigenvalue weighted by molar-refractivity contribution is 0.570. The minimum absolute atomic E-state index is 0.138. The molecule has 9 aromatic rings. The maximum Gasteiger partial charge on any atom is 0.165 e. The van der Waals surface area contributed by atoms with Gasteiger partial charge in [0.15, 0.2) is 11.5 Å². The van der Waals surface area contributed by atoms with Gasteiger partial charge in [0.25, 0.3) is 0 Å². The van der Waals surface area contributed by atoms with Crippen LogP contribution in [0.3, 0.4) is 0 Å². The highest BCUT2D eigenvalue weighted by Crippen LogP contribution is 2.43. The number of imidazole rings is 1. The second-order valence-corrected chi connectivity index (χ2v) is 16.7. The lowest BCUT2D eigenvalue weighted by atomic mass is 9.88. The van der Waals surface area contributed by atoms with Crippen LogP contribution in [0.25, 0.3) is 83.6 Å². The van der Waals surface area contributed by atoms with Gasteiger partial charge in [-0.05, 0) is 98.8 Å². The second-order valence-electron chi connectivity index (χ2n) is 16.7. The smallest absolute Gasteiger partial charge is 0.165 e. The van der Waals surface area contributed by atoms with E-state index in [-0.39, 0.29) is 17.3 Å². The van der Waals surface area contributed by atoms with Gasteiger partial charge in [0.05, 0.1) is 11.3 Å². The van der Waals surface area contributed by atoms with Crippen LogP contribution in [0.15, 0.2) is 150 Å². The van der Waals surface area contributed by atoms with Gasteiger partial charge in [-0.3, -0.25) is 4.57 Å². The first kappa shape index (κ1) is 35.4. The summed E-state index contributed by atoms with van der Waals surface area (Å²) in [4.78, 5) is 10.8. The van der Waals surface area contributed by atoms with Gasteiger partial charge in [0, 0.05) is 21.9 Å². The van der Waals surface area contributed by atoms with Crippen molar-refractivity contribution in [2.75, 3.05) is 0 Å². The van der Waals surface area contributed by atoms with Gasteiger partial charge in [-0.15, -0.1) is 0 Å². The summed E-state index contributed by atoms with van der Waals surface area (Å²) in [6, 6.07) is 52.0. The third kappa shape index (κ3) is 6.20. The highest BCUT2D eigenvalue weighted by atomic mass is 16.3. The summed E-state index contributed by atoms with van der Waals surface area (Å²) in [7, 11) is 0. The van der Waals surface area contributed by atoms with Crippen LogP contribution in [0.5, 0.6) is 0 Å². The molecule has 0 aliphatic carbocycles. The Hall–Kier alpha value is -6.26. The van der Waals surface area contributed by atoms with Crippen molar-refractivity contribution in [1.29, 1.82) is 0 Å². The Morgan fingerprint density at radius 1 is 0.518 bits per heavy atom. The topological polar surface area (TPSA) is 43.9 Å². The number of nitrogens with zero attached hydrogens (tertiary/aromatic N) is 3. The van der Waals surface area contributed by atoms with Crippen LogP contribution < -0.4 is 0 Å². The minimum atomic E-state index is -0.138. The zero-order valence-corrected chi connectivity index (χ0v) is 33.3. The molecule has 0 aliphatic rings. The number of hydrogen-bond acceptors (Lipinski definition) is 3. The average Bonchev–Trinajstić information content (AvgIpc) is 3.78. The second kappa shape index (κ2) is 13.8. The van der Waals surface area contributed by atoms with Crippen LogP contribution in [0.4, 0.5) is 0 Å². The van der Waals surface area contributed by atoms with Crippen LogP contribution in [0, 0.1) is 0 Å². The van der Waals surface area contributed by atoms with Crippen molar-refractivity contribution in [2.45, 2.75) is 65.7 Å². The van der Waals surface area contributed by atoms with Crippen molar-refractivity contribution in [3.05, 3.63) is 162 Å². The largest absolute Gasteiger partial charge is 0.455 e. The molecule has 0 fully saturated rings. The van der Waals surface area contributed by atoms with Gasteiger partial charge in [-0.1, -0.05) is 152 Å². The number of fused-ring (bicyclic) bond motifs is 4. The lowest BCUT2D eigenvalue weighted by Gasteiger charge is -2.24. The Morgan fingerprint density at radius 2 is 1.09 bits per heavy atom. The van der Waals surface area contributed by atoms with Gasteiger partial charge >= 0.3 is 0 Å². The highest BCUT2D eigenvalue weighted by molar-refractivity contribution is 6.10. The third-order valence-electron chi connectivity index (χ3n) is 11.1. The standard InChI is InChI=1S/C52H47N3O/c1-32(2)43-29-39(35-17-12-9-13-18-35)30-44(33(3)4)48(43)55-50(53-45-27-28-47(52(5,6)7)54-51(45)55)42-20-14-19-41-40-26-25-38(31-46(40)56-49(41)42)37-23-21-36(22-24-37)34-15-10-8-11-16-34/h8-33H,1-7H3. The van der Waals surface area contributed by atoms with Crippen molar-refractivity contribution in [1.82, 2.24) is 14.5 Å². The number of hydrogen-bond donors (Lipinski definition) is 0. The van der Waals surface area contributed by atoms with Crippen molar-refractivity contribution in [3.8, 4) is 50.5 Å². The summed E-state index contributed by atoms with van der Waals surface area (Å²) in [5.41, 5.74) is 16.0. The Labute approximate surface area is 329 Å². The van der Waals surface area contributed by atoms with Gasteiger partial charge in [0.2, 0.25) is 0 Å². The first-order chi connectivity index (χ1) is 27.0. The van der Waals surface area contributed by atoms with Crippen LogP contribution in [0.2, 0.25) is 0 Å². The zero-order chi connectivity index (χ0) is 38.7. The van der Waals surface area contributed by atoms with Gasteiger partial charge in [-0.2, -0.15) is 0 Å². The van der Waals surface area contributed by atoms with E-state index in [1.165, 1.54) is 33.4 Å². The molecule has 3 heterocycles. The Kier molecular flexibility index (Phi) is 8.73. The fraction of sp³-hybridized carbons (Fsp3) is 0.192. The normalized spacial score (nSPS) is 12.2. The number of benzene rings is 6. The van der Waals surface area contributed by atoms with Crippen LogP contribution in [0.1, 0.15) is 77.1 Å². The average molecular weight is 730 g/mol. The van der Waals surface area contributed by atoms with E-state index in [0.29, 0.717) is 0 Å². The molecule has 0 N–H and O–H groups in total. The molecule has 56 heavy (non-hydrogen) atoms. The zero-order valence-electron chi connectivity index (χ0n) is 33.3. The van der Waals surface area contributed by atoms with Crippen LogP contribution >= 0.6 is 0 Å². The first-order valence-corrected chi connectivity index (χ1v) is 19.8. The molecule has 0 atom stereocenters. The molecule has 0 aliphatic heterocycles. The Balaban J connectivity index is 1.27. The van der Waals surface area contributed by atoms with Crippen molar-refractivity contribution < 1.29 is 4.42 Å². The number of para-hydroxylation sites is 1. The molecule has 276 valence electrons. The molecule has 6 aromatic carbocycles. The quantitative estimate of drug-likeness (QED) is 0.164. The Morgan fingerprint density at radius 3 is 1.70 bits per heavy atom. The van der Waals surface area contributed by atoms with Crippen molar-refractivity contribution >= 4 is 33.1 Å². The molecule has 4 nitrogen and oxygen atoms in total. The monoisotopic (exact) mass is 729 g/mol. The fourth-order valence-electron chi connectivity index (χ4n) is 8.02. The SMILES string of the molecule is CC(C)c1cc(-c2ccccc2)cc(C(C)C)c1-n1c(-c2cccc3c2oc2cc(-c4ccc(-c5ccccc5)cc4)ccc23)nc2ccc(C(C)(C)C)nc21. The highest BCUT2D eigenvalue weighted by Gasteiger charge is 2.27. The maximum atomic E-state index is 6.92. The molecular weight excluding hydrogens is 683 g/mol. The summed E-state index contributed by atoms with van der Waals surface area (Å²) >= 11 is 0. The van der Waals surface area contributed by atoms with E-state index in [9.17, 15) is 0 Å². The van der Waals surface area contributed by atoms with Crippen molar-refractivity contribution in [2.24, 2.45) is 0 Å².